The van der Waals surface area contributed by atoms with Crippen LogP contribution in [0.25, 0.3) is 10.8 Å². The molecule has 4 heteroatoms. The summed E-state index contributed by atoms with van der Waals surface area (Å²) in [4.78, 5) is 11.8. The van der Waals surface area contributed by atoms with Crippen LogP contribution in [0.1, 0.15) is 22.2 Å². The minimum Gasteiger partial charge on any atom is -0.459 e. The van der Waals surface area contributed by atoms with Crippen LogP contribution in [0, 0.1) is 0 Å². The van der Waals surface area contributed by atoms with Gasteiger partial charge in [0.15, 0.2) is 5.76 Å². The van der Waals surface area contributed by atoms with Crippen molar-refractivity contribution in [1.82, 2.24) is 5.32 Å². The molecule has 0 saturated carbocycles. The topological polar surface area (TPSA) is 62.5 Å². The summed E-state index contributed by atoms with van der Waals surface area (Å²) in [7, 11) is 0. The van der Waals surface area contributed by atoms with Gasteiger partial charge >= 0.3 is 0 Å². The second-order valence-electron chi connectivity index (χ2n) is 4.77. The number of aliphatic hydroxyl groups is 1. The highest BCUT2D eigenvalue weighted by Gasteiger charge is 2.14. The summed E-state index contributed by atoms with van der Waals surface area (Å²) in [6.07, 6.45) is 0.672. The first-order valence-corrected chi connectivity index (χ1v) is 6.73. The smallest absolute Gasteiger partial charge is 0.287 e. The third kappa shape index (κ3) is 2.80. The lowest BCUT2D eigenvalue weighted by Crippen LogP contribution is -2.28. The van der Waals surface area contributed by atoms with Gasteiger partial charge in [-0.3, -0.25) is 4.79 Å². The molecule has 2 aromatic carbocycles. The van der Waals surface area contributed by atoms with Crippen molar-refractivity contribution >= 4 is 16.7 Å². The number of nitrogens with one attached hydrogen (secondary N) is 1. The molecule has 0 aliphatic rings. The van der Waals surface area contributed by atoms with Gasteiger partial charge in [0, 0.05) is 6.54 Å². The molecular weight excluding hydrogens is 266 g/mol. The number of carbonyl (C=O) groups excluding carboxylic acids is 1. The van der Waals surface area contributed by atoms with Crippen molar-refractivity contribution in [3.63, 3.8) is 0 Å². The second kappa shape index (κ2) is 5.81. The normalized spacial score (nSPS) is 12.2. The third-order valence-corrected chi connectivity index (χ3v) is 3.38. The van der Waals surface area contributed by atoms with Gasteiger partial charge in [-0.25, -0.2) is 0 Å². The maximum atomic E-state index is 11.8. The standard InChI is InChI=1S/C17H15NO3/c19-15(11-18-17(20)16-9-4-10-21-16)14-8-3-6-12-5-1-2-7-13(12)14/h1-10,15,19H,11H2,(H,18,20)/t15-/m0/s1. The number of hydrogen-bond donors (Lipinski definition) is 2. The molecule has 0 saturated heterocycles. The first kappa shape index (κ1) is 13.4. The maximum absolute atomic E-state index is 11.8. The number of fused-ring (bicyclic) bond motifs is 1. The number of furan rings is 1. The first-order valence-electron chi connectivity index (χ1n) is 6.73. The summed E-state index contributed by atoms with van der Waals surface area (Å²) >= 11 is 0. The Morgan fingerprint density at radius 2 is 1.90 bits per heavy atom. The molecule has 4 nitrogen and oxygen atoms in total. The van der Waals surface area contributed by atoms with Crippen LogP contribution in [-0.2, 0) is 0 Å². The summed E-state index contributed by atoms with van der Waals surface area (Å²) in [6.45, 7) is 0.132. The molecule has 0 unspecified atom stereocenters. The Kier molecular flexibility index (Phi) is 3.71. The van der Waals surface area contributed by atoms with E-state index >= 15 is 0 Å². The number of amides is 1. The van der Waals surface area contributed by atoms with Crippen LogP contribution in [-0.4, -0.2) is 17.6 Å². The van der Waals surface area contributed by atoms with Crippen molar-refractivity contribution in [3.8, 4) is 0 Å². The Balaban J connectivity index is 1.75. The number of hydrogen-bond acceptors (Lipinski definition) is 3. The molecule has 1 heterocycles. The average Bonchev–Trinajstić information content (AvgIpc) is 3.06. The molecule has 1 atom stereocenters. The fourth-order valence-electron chi connectivity index (χ4n) is 2.34. The van der Waals surface area contributed by atoms with Crippen molar-refractivity contribution in [3.05, 3.63) is 72.2 Å². The van der Waals surface area contributed by atoms with Gasteiger partial charge in [-0.05, 0) is 28.5 Å². The zero-order chi connectivity index (χ0) is 14.7. The number of aliphatic hydroxyl groups excluding tert-OH is 1. The molecule has 106 valence electrons. The minimum atomic E-state index is -0.769. The lowest BCUT2D eigenvalue weighted by molar-refractivity contribution is 0.0889. The summed E-state index contributed by atoms with van der Waals surface area (Å²) < 4.78 is 5.01. The third-order valence-electron chi connectivity index (χ3n) is 3.38. The molecule has 3 rings (SSSR count). The van der Waals surface area contributed by atoms with Crippen molar-refractivity contribution < 1.29 is 14.3 Å². The first-order chi connectivity index (χ1) is 10.3. The van der Waals surface area contributed by atoms with Crippen LogP contribution in [0.5, 0.6) is 0 Å². The quantitative estimate of drug-likeness (QED) is 0.773. The van der Waals surface area contributed by atoms with E-state index in [0.717, 1.165) is 16.3 Å². The van der Waals surface area contributed by atoms with Crippen molar-refractivity contribution in [2.75, 3.05) is 6.54 Å². The van der Waals surface area contributed by atoms with Crippen LogP contribution >= 0.6 is 0 Å². The molecule has 0 fully saturated rings. The Morgan fingerprint density at radius 1 is 1.10 bits per heavy atom. The molecule has 0 bridgehead atoms. The summed E-state index contributed by atoms with van der Waals surface area (Å²) in [5.41, 5.74) is 0.799. The predicted molar refractivity (Wildman–Crippen MR) is 79.9 cm³/mol. The van der Waals surface area contributed by atoms with Crippen LogP contribution in [0.4, 0.5) is 0 Å². The number of carbonyl (C=O) groups is 1. The molecule has 0 aliphatic heterocycles. The second-order valence-corrected chi connectivity index (χ2v) is 4.77. The Morgan fingerprint density at radius 3 is 2.71 bits per heavy atom. The van der Waals surface area contributed by atoms with E-state index in [2.05, 4.69) is 5.32 Å². The highest BCUT2D eigenvalue weighted by atomic mass is 16.3. The molecule has 21 heavy (non-hydrogen) atoms. The molecule has 1 aromatic heterocycles. The summed E-state index contributed by atoms with van der Waals surface area (Å²) in [6, 6.07) is 16.8. The van der Waals surface area contributed by atoms with Crippen molar-refractivity contribution in [2.24, 2.45) is 0 Å². The highest BCUT2D eigenvalue weighted by Crippen LogP contribution is 2.23. The molecule has 1 amide bonds. The fraction of sp³-hybridized carbons (Fsp3) is 0.118. The van der Waals surface area contributed by atoms with Gasteiger partial charge in [0.05, 0.1) is 12.4 Å². The molecule has 0 radical (unpaired) electrons. The van der Waals surface area contributed by atoms with E-state index in [1.54, 1.807) is 12.1 Å². The zero-order valence-electron chi connectivity index (χ0n) is 11.3. The van der Waals surface area contributed by atoms with Gasteiger partial charge in [0.25, 0.3) is 5.91 Å². The maximum Gasteiger partial charge on any atom is 0.287 e. The molecule has 2 N–H and O–H groups in total. The Bertz CT molecular complexity index is 744. The van der Waals surface area contributed by atoms with Crippen LogP contribution in [0.2, 0.25) is 0 Å². The zero-order valence-corrected chi connectivity index (χ0v) is 11.3. The summed E-state index contributed by atoms with van der Waals surface area (Å²) in [5.74, 6) is -0.0978. The Labute approximate surface area is 122 Å². The van der Waals surface area contributed by atoms with E-state index in [4.69, 9.17) is 4.42 Å². The lowest BCUT2D eigenvalue weighted by Gasteiger charge is -2.14. The van der Waals surface area contributed by atoms with E-state index in [1.807, 2.05) is 42.5 Å². The van der Waals surface area contributed by atoms with E-state index in [0.29, 0.717) is 0 Å². The predicted octanol–water partition coefficient (Wildman–Crippen LogP) is 2.90. The highest BCUT2D eigenvalue weighted by molar-refractivity contribution is 5.91. The number of benzene rings is 2. The van der Waals surface area contributed by atoms with E-state index in [9.17, 15) is 9.90 Å². The monoisotopic (exact) mass is 281 g/mol. The largest absolute Gasteiger partial charge is 0.459 e. The fourth-order valence-corrected chi connectivity index (χ4v) is 2.34. The van der Waals surface area contributed by atoms with Gasteiger partial charge in [-0.15, -0.1) is 0 Å². The lowest BCUT2D eigenvalue weighted by atomic mass is 10.0. The molecule has 0 spiro atoms. The van der Waals surface area contributed by atoms with Gasteiger partial charge in [-0.1, -0.05) is 42.5 Å². The summed E-state index contributed by atoms with van der Waals surface area (Å²) in [5, 5.41) is 15.0. The average molecular weight is 281 g/mol. The van der Waals surface area contributed by atoms with Crippen molar-refractivity contribution in [2.45, 2.75) is 6.10 Å². The minimum absolute atomic E-state index is 0.132. The van der Waals surface area contributed by atoms with Crippen LogP contribution in [0.15, 0.2) is 65.3 Å². The van der Waals surface area contributed by atoms with Gasteiger partial charge in [0.1, 0.15) is 0 Å². The van der Waals surface area contributed by atoms with Crippen LogP contribution in [0.3, 0.4) is 0 Å². The van der Waals surface area contributed by atoms with Gasteiger partial charge in [-0.2, -0.15) is 0 Å². The Hall–Kier alpha value is -2.59. The van der Waals surface area contributed by atoms with E-state index < -0.39 is 6.10 Å². The van der Waals surface area contributed by atoms with E-state index in [1.165, 1.54) is 6.26 Å². The molecule has 0 aliphatic carbocycles. The van der Waals surface area contributed by atoms with E-state index in [-0.39, 0.29) is 18.2 Å². The van der Waals surface area contributed by atoms with Crippen LogP contribution < -0.4 is 5.32 Å². The van der Waals surface area contributed by atoms with Gasteiger partial charge < -0.3 is 14.8 Å². The van der Waals surface area contributed by atoms with Gasteiger partial charge in [0.2, 0.25) is 0 Å². The SMILES string of the molecule is O=C(NC[C@H](O)c1cccc2ccccc12)c1ccco1. The van der Waals surface area contributed by atoms with Crippen molar-refractivity contribution in [1.29, 1.82) is 0 Å². The number of rotatable bonds is 4. The molecule has 3 aromatic rings. The molecular formula is C17H15NO3.